The molecule has 0 aliphatic heterocycles. The zero-order valence-electron chi connectivity index (χ0n) is 10.8. The van der Waals surface area contributed by atoms with Crippen molar-refractivity contribution >= 4 is 21.7 Å². The quantitative estimate of drug-likeness (QED) is 0.890. The number of aromatic nitrogens is 2. The van der Waals surface area contributed by atoms with E-state index in [1.54, 1.807) is 0 Å². The summed E-state index contributed by atoms with van der Waals surface area (Å²) in [6.45, 7) is 7.46. The van der Waals surface area contributed by atoms with Crippen LogP contribution in [0.15, 0.2) is 4.47 Å². The largest absolute Gasteiger partial charge is 0.369 e. The highest BCUT2D eigenvalue weighted by Gasteiger charge is 2.28. The van der Waals surface area contributed by atoms with Crippen LogP contribution in [0, 0.1) is 0 Å². The van der Waals surface area contributed by atoms with Gasteiger partial charge < -0.3 is 5.32 Å². The number of hydrogen-bond acceptors (Lipinski definition) is 3. The zero-order chi connectivity index (χ0) is 12.4. The van der Waals surface area contributed by atoms with Crippen molar-refractivity contribution in [1.29, 1.82) is 0 Å². The van der Waals surface area contributed by atoms with Gasteiger partial charge in [0.1, 0.15) is 11.6 Å². The van der Waals surface area contributed by atoms with Crippen LogP contribution in [0.2, 0.25) is 0 Å². The first kappa shape index (κ1) is 12.8. The van der Waals surface area contributed by atoms with Crippen molar-refractivity contribution in [1.82, 2.24) is 9.97 Å². The molecule has 0 saturated heterocycles. The van der Waals surface area contributed by atoms with Gasteiger partial charge in [-0.25, -0.2) is 9.97 Å². The summed E-state index contributed by atoms with van der Waals surface area (Å²) in [5.41, 5.74) is 1.13. The van der Waals surface area contributed by atoms with Gasteiger partial charge in [-0.1, -0.05) is 20.8 Å². The number of nitrogens with one attached hydrogen (secondary N) is 1. The van der Waals surface area contributed by atoms with Gasteiger partial charge in [-0.05, 0) is 41.1 Å². The second-order valence-electron chi connectivity index (χ2n) is 4.99. The summed E-state index contributed by atoms with van der Waals surface area (Å²) < 4.78 is 1.03. The molecule has 0 unspecified atom stereocenters. The molecule has 0 atom stereocenters. The highest BCUT2D eigenvalue weighted by molar-refractivity contribution is 9.10. The first-order valence-corrected chi connectivity index (χ1v) is 7.24. The molecule has 0 aromatic carbocycles. The predicted molar refractivity (Wildman–Crippen MR) is 74.6 cm³/mol. The minimum atomic E-state index is 0.423. The minimum Gasteiger partial charge on any atom is -0.369 e. The average Bonchev–Trinajstić information content (AvgIpc) is 3.11. The van der Waals surface area contributed by atoms with Crippen LogP contribution in [0.25, 0.3) is 0 Å². The van der Waals surface area contributed by atoms with Crippen LogP contribution in [0.4, 0.5) is 5.82 Å². The summed E-state index contributed by atoms with van der Waals surface area (Å²) in [4.78, 5) is 9.35. The van der Waals surface area contributed by atoms with Gasteiger partial charge in [0.05, 0.1) is 10.2 Å². The van der Waals surface area contributed by atoms with Crippen molar-refractivity contribution in [3.8, 4) is 0 Å². The smallest absolute Gasteiger partial charge is 0.144 e. The molecule has 0 amide bonds. The van der Waals surface area contributed by atoms with E-state index in [-0.39, 0.29) is 0 Å². The molecule has 1 heterocycles. The van der Waals surface area contributed by atoms with Crippen molar-refractivity contribution in [3.05, 3.63) is 16.0 Å². The third-order valence-corrected chi connectivity index (χ3v) is 3.71. The lowest BCUT2D eigenvalue weighted by Gasteiger charge is -2.14. The molecule has 0 radical (unpaired) electrons. The minimum absolute atomic E-state index is 0.423. The molecule has 94 valence electrons. The van der Waals surface area contributed by atoms with Gasteiger partial charge in [-0.2, -0.15) is 0 Å². The lowest BCUT2D eigenvalue weighted by molar-refractivity contribution is 0.775. The maximum absolute atomic E-state index is 4.70. The van der Waals surface area contributed by atoms with Crippen LogP contribution >= 0.6 is 15.9 Å². The highest BCUT2D eigenvalue weighted by Crippen LogP contribution is 2.40. The van der Waals surface area contributed by atoms with Gasteiger partial charge in [-0.3, -0.25) is 0 Å². The van der Waals surface area contributed by atoms with Gasteiger partial charge in [-0.15, -0.1) is 0 Å². The van der Waals surface area contributed by atoms with Gasteiger partial charge in [0.15, 0.2) is 0 Å². The normalized spacial score (nSPS) is 15.4. The summed E-state index contributed by atoms with van der Waals surface area (Å²) >= 11 is 3.63. The van der Waals surface area contributed by atoms with E-state index in [0.29, 0.717) is 11.8 Å². The molecule has 3 nitrogen and oxygen atoms in total. The molecule has 1 aliphatic carbocycles. The summed E-state index contributed by atoms with van der Waals surface area (Å²) in [7, 11) is 0. The van der Waals surface area contributed by atoms with E-state index in [1.165, 1.54) is 12.8 Å². The topological polar surface area (TPSA) is 37.8 Å². The van der Waals surface area contributed by atoms with E-state index in [1.807, 2.05) is 0 Å². The number of nitrogens with zero attached hydrogens (tertiary/aromatic N) is 2. The van der Waals surface area contributed by atoms with E-state index in [9.17, 15) is 0 Å². The molecule has 0 bridgehead atoms. The molecular formula is C13H20BrN3. The molecular weight excluding hydrogens is 278 g/mol. The van der Waals surface area contributed by atoms with E-state index in [2.05, 4.69) is 47.0 Å². The molecule has 1 aliphatic rings. The first-order valence-electron chi connectivity index (χ1n) is 6.44. The molecule has 17 heavy (non-hydrogen) atoms. The Kier molecular flexibility index (Phi) is 4.02. The third-order valence-electron chi connectivity index (χ3n) is 2.93. The lowest BCUT2D eigenvalue weighted by atomic mass is 10.1. The highest BCUT2D eigenvalue weighted by atomic mass is 79.9. The average molecular weight is 298 g/mol. The van der Waals surface area contributed by atoms with Gasteiger partial charge >= 0.3 is 0 Å². The predicted octanol–water partition coefficient (Wildman–Crippen LogP) is 4.06. The molecule has 0 spiro atoms. The third kappa shape index (κ3) is 2.97. The Morgan fingerprint density at radius 2 is 2.06 bits per heavy atom. The first-order chi connectivity index (χ1) is 8.13. The fourth-order valence-corrected chi connectivity index (χ4v) is 2.52. The monoisotopic (exact) mass is 297 g/mol. The van der Waals surface area contributed by atoms with E-state index in [4.69, 9.17) is 4.98 Å². The van der Waals surface area contributed by atoms with Crippen LogP contribution in [-0.2, 0) is 0 Å². The van der Waals surface area contributed by atoms with Crippen molar-refractivity contribution in [2.45, 2.75) is 51.9 Å². The Balaban J connectivity index is 2.34. The summed E-state index contributed by atoms with van der Waals surface area (Å²) in [5, 5.41) is 3.38. The zero-order valence-corrected chi connectivity index (χ0v) is 12.3. The maximum atomic E-state index is 4.70. The summed E-state index contributed by atoms with van der Waals surface area (Å²) in [6, 6.07) is 0. The molecule has 1 aromatic rings. The summed E-state index contributed by atoms with van der Waals surface area (Å²) in [6.07, 6.45) is 3.59. The standard InChI is InChI=1S/C13H20BrN3/c1-4-7-15-13-10(14)11(8(2)3)16-12(17-13)9-5-6-9/h8-9H,4-7H2,1-3H3,(H,15,16,17). The lowest BCUT2D eigenvalue weighted by Crippen LogP contribution is -2.09. The van der Waals surface area contributed by atoms with Gasteiger partial charge in [0, 0.05) is 12.5 Å². The summed E-state index contributed by atoms with van der Waals surface area (Å²) in [5.74, 6) is 3.01. The van der Waals surface area contributed by atoms with Crippen LogP contribution < -0.4 is 5.32 Å². The van der Waals surface area contributed by atoms with E-state index in [0.717, 1.165) is 34.8 Å². The Hall–Kier alpha value is -0.640. The van der Waals surface area contributed by atoms with Crippen LogP contribution in [-0.4, -0.2) is 16.5 Å². The number of rotatable bonds is 5. The number of anilines is 1. The van der Waals surface area contributed by atoms with Crippen molar-refractivity contribution < 1.29 is 0 Å². The van der Waals surface area contributed by atoms with Crippen molar-refractivity contribution in [2.75, 3.05) is 11.9 Å². The maximum Gasteiger partial charge on any atom is 0.144 e. The van der Waals surface area contributed by atoms with Crippen LogP contribution in [0.5, 0.6) is 0 Å². The van der Waals surface area contributed by atoms with E-state index < -0.39 is 0 Å². The van der Waals surface area contributed by atoms with Gasteiger partial charge in [0.2, 0.25) is 0 Å². The Labute approximate surface area is 112 Å². The fraction of sp³-hybridized carbons (Fsp3) is 0.692. The Morgan fingerprint density at radius 3 is 2.59 bits per heavy atom. The molecule has 1 N–H and O–H groups in total. The molecule has 1 aromatic heterocycles. The molecule has 1 saturated carbocycles. The second kappa shape index (κ2) is 5.34. The fourth-order valence-electron chi connectivity index (χ4n) is 1.75. The van der Waals surface area contributed by atoms with Crippen LogP contribution in [0.3, 0.4) is 0 Å². The van der Waals surface area contributed by atoms with Gasteiger partial charge in [0.25, 0.3) is 0 Å². The van der Waals surface area contributed by atoms with Crippen LogP contribution in [0.1, 0.15) is 63.4 Å². The van der Waals surface area contributed by atoms with Crippen molar-refractivity contribution in [2.24, 2.45) is 0 Å². The number of halogens is 1. The number of hydrogen-bond donors (Lipinski definition) is 1. The molecule has 2 rings (SSSR count). The Morgan fingerprint density at radius 1 is 1.35 bits per heavy atom. The van der Waals surface area contributed by atoms with E-state index >= 15 is 0 Å². The SMILES string of the molecule is CCCNc1nc(C2CC2)nc(C(C)C)c1Br. The molecule has 4 heteroatoms. The second-order valence-corrected chi connectivity index (χ2v) is 5.78. The van der Waals surface area contributed by atoms with Crippen molar-refractivity contribution in [3.63, 3.8) is 0 Å². The molecule has 1 fully saturated rings. The Bertz CT molecular complexity index is 400.